The van der Waals surface area contributed by atoms with E-state index in [1.54, 1.807) is 0 Å². The van der Waals surface area contributed by atoms with Gasteiger partial charge >= 0.3 is 5.97 Å². The first-order valence-corrected chi connectivity index (χ1v) is 7.25. The van der Waals surface area contributed by atoms with E-state index in [2.05, 4.69) is 5.32 Å². The van der Waals surface area contributed by atoms with E-state index >= 15 is 0 Å². The Bertz CT molecular complexity index is 641. The van der Waals surface area contributed by atoms with Gasteiger partial charge in [-0.05, 0) is 6.42 Å². The molecule has 2 aromatic rings. The number of ketones is 1. The first-order chi connectivity index (χ1) is 11.1. The summed E-state index contributed by atoms with van der Waals surface area (Å²) in [6, 6.07) is 18.0. The minimum Gasteiger partial charge on any atom is -0.480 e. The van der Waals surface area contributed by atoms with Crippen LogP contribution < -0.4 is 5.32 Å². The van der Waals surface area contributed by atoms with Crippen LogP contribution in [0.1, 0.15) is 28.8 Å². The predicted octanol–water partition coefficient (Wildman–Crippen LogP) is 2.27. The summed E-state index contributed by atoms with van der Waals surface area (Å²) in [6.45, 7) is 0. The Labute approximate surface area is 134 Å². The molecule has 2 N–H and O–H groups in total. The van der Waals surface area contributed by atoms with Gasteiger partial charge in [-0.15, -0.1) is 0 Å². The quantitative estimate of drug-likeness (QED) is 0.852. The van der Waals surface area contributed by atoms with E-state index in [-0.39, 0.29) is 11.7 Å². The first kappa shape index (κ1) is 16.4. The summed E-state index contributed by atoms with van der Waals surface area (Å²) < 4.78 is 0. The molecule has 0 saturated carbocycles. The Balaban J connectivity index is 0.000000185. The fourth-order valence-corrected chi connectivity index (χ4v) is 2.15. The fraction of sp³-hybridized carbons (Fsp3) is 0.167. The largest absolute Gasteiger partial charge is 0.480 e. The zero-order chi connectivity index (χ0) is 16.7. The molecule has 5 nitrogen and oxygen atoms in total. The van der Waals surface area contributed by atoms with Crippen LogP contribution in [0, 0.1) is 0 Å². The van der Waals surface area contributed by atoms with Crippen molar-refractivity contribution >= 4 is 17.7 Å². The van der Waals surface area contributed by atoms with Crippen LogP contribution >= 0.6 is 0 Å². The maximum absolute atomic E-state index is 11.8. The Morgan fingerprint density at radius 3 is 1.70 bits per heavy atom. The van der Waals surface area contributed by atoms with Crippen LogP contribution in [0.25, 0.3) is 0 Å². The number of amides is 1. The highest BCUT2D eigenvalue weighted by atomic mass is 16.4. The average molecular weight is 311 g/mol. The summed E-state index contributed by atoms with van der Waals surface area (Å²) in [7, 11) is 0. The highest BCUT2D eigenvalue weighted by Crippen LogP contribution is 2.08. The van der Waals surface area contributed by atoms with E-state index in [0.29, 0.717) is 12.8 Å². The molecule has 0 aliphatic carbocycles. The third kappa shape index (κ3) is 4.78. The minimum absolute atomic E-state index is 0.0752. The molecular weight excluding hydrogens is 294 g/mol. The van der Waals surface area contributed by atoms with Crippen LogP contribution in [0.2, 0.25) is 0 Å². The van der Waals surface area contributed by atoms with Crippen molar-refractivity contribution < 1.29 is 19.5 Å². The van der Waals surface area contributed by atoms with Crippen LogP contribution in [0.4, 0.5) is 0 Å². The lowest BCUT2D eigenvalue weighted by Gasteiger charge is -1.99. The first-order valence-electron chi connectivity index (χ1n) is 7.25. The summed E-state index contributed by atoms with van der Waals surface area (Å²) >= 11 is 0. The van der Waals surface area contributed by atoms with Gasteiger partial charge in [-0.25, -0.2) is 4.79 Å². The summed E-state index contributed by atoms with van der Waals surface area (Å²) in [5.74, 6) is -1.03. The summed E-state index contributed by atoms with van der Waals surface area (Å²) in [5, 5.41) is 10.6. The molecule has 118 valence electrons. The molecule has 1 aliphatic rings. The molecule has 1 saturated heterocycles. The molecule has 5 heteroatoms. The minimum atomic E-state index is -0.944. The lowest BCUT2D eigenvalue weighted by atomic mass is 10.0. The van der Waals surface area contributed by atoms with Crippen LogP contribution in [0.15, 0.2) is 60.7 Å². The molecule has 1 amide bonds. The third-order valence-electron chi connectivity index (χ3n) is 3.37. The summed E-state index contributed by atoms with van der Waals surface area (Å²) in [5.41, 5.74) is 1.47. The van der Waals surface area contributed by atoms with Gasteiger partial charge in [-0.2, -0.15) is 0 Å². The molecule has 1 unspecified atom stereocenters. The number of carbonyl (C=O) groups is 3. The topological polar surface area (TPSA) is 83.5 Å². The molecule has 0 radical (unpaired) electrons. The zero-order valence-corrected chi connectivity index (χ0v) is 12.4. The lowest BCUT2D eigenvalue weighted by Crippen LogP contribution is -2.32. The molecule has 0 spiro atoms. The molecule has 1 atom stereocenters. The number of hydrogen-bond acceptors (Lipinski definition) is 3. The van der Waals surface area contributed by atoms with Crippen LogP contribution in [-0.2, 0) is 9.59 Å². The summed E-state index contributed by atoms with van der Waals surface area (Å²) in [4.78, 5) is 32.4. The number of aliphatic carboxylic acids is 1. The molecular formula is C18H17NO4. The SMILES string of the molecule is O=C(c1ccccc1)c1ccccc1.O=C1CCC(C(=O)O)N1. The van der Waals surface area contributed by atoms with E-state index in [9.17, 15) is 14.4 Å². The second kappa shape index (κ2) is 7.89. The van der Waals surface area contributed by atoms with Crippen molar-refractivity contribution in [1.29, 1.82) is 0 Å². The maximum atomic E-state index is 11.8. The molecule has 23 heavy (non-hydrogen) atoms. The average Bonchev–Trinajstić information content (AvgIpc) is 3.03. The number of nitrogens with one attached hydrogen (secondary N) is 1. The van der Waals surface area contributed by atoms with E-state index in [1.807, 2.05) is 60.7 Å². The maximum Gasteiger partial charge on any atom is 0.326 e. The molecule has 2 aromatic carbocycles. The van der Waals surface area contributed by atoms with E-state index < -0.39 is 12.0 Å². The Kier molecular flexibility index (Phi) is 5.63. The Hall–Kier alpha value is -2.95. The second-order valence-electron chi connectivity index (χ2n) is 5.06. The summed E-state index contributed by atoms with van der Waals surface area (Å²) in [6.07, 6.45) is 0.769. The van der Waals surface area contributed by atoms with Gasteiger partial charge in [0.05, 0.1) is 0 Å². The van der Waals surface area contributed by atoms with Gasteiger partial charge in [0.2, 0.25) is 5.91 Å². The zero-order valence-electron chi connectivity index (χ0n) is 12.4. The van der Waals surface area contributed by atoms with Crippen molar-refractivity contribution in [3.05, 3.63) is 71.8 Å². The number of rotatable bonds is 3. The Morgan fingerprint density at radius 1 is 0.913 bits per heavy atom. The number of carboxylic acid groups (broad SMARTS) is 1. The van der Waals surface area contributed by atoms with E-state index in [1.165, 1.54) is 0 Å². The molecule has 0 bridgehead atoms. The lowest BCUT2D eigenvalue weighted by molar-refractivity contribution is -0.140. The van der Waals surface area contributed by atoms with Crippen molar-refractivity contribution in [2.75, 3.05) is 0 Å². The van der Waals surface area contributed by atoms with Gasteiger partial charge in [-0.1, -0.05) is 60.7 Å². The molecule has 1 fully saturated rings. The van der Waals surface area contributed by atoms with Crippen LogP contribution in [0.3, 0.4) is 0 Å². The van der Waals surface area contributed by atoms with Gasteiger partial charge in [-0.3, -0.25) is 9.59 Å². The molecule has 0 aromatic heterocycles. The highest BCUT2D eigenvalue weighted by molar-refractivity contribution is 6.08. The number of carbonyl (C=O) groups excluding carboxylic acids is 2. The monoisotopic (exact) mass is 311 g/mol. The van der Waals surface area contributed by atoms with Gasteiger partial charge < -0.3 is 10.4 Å². The van der Waals surface area contributed by atoms with Crippen LogP contribution in [-0.4, -0.2) is 28.8 Å². The molecule has 1 aliphatic heterocycles. The van der Waals surface area contributed by atoms with Crippen LogP contribution in [0.5, 0.6) is 0 Å². The van der Waals surface area contributed by atoms with Gasteiger partial charge in [0.25, 0.3) is 0 Å². The van der Waals surface area contributed by atoms with E-state index in [0.717, 1.165) is 11.1 Å². The smallest absolute Gasteiger partial charge is 0.326 e. The predicted molar refractivity (Wildman–Crippen MR) is 85.1 cm³/mol. The molecule has 1 heterocycles. The van der Waals surface area contributed by atoms with Crippen molar-refractivity contribution in [2.24, 2.45) is 0 Å². The number of benzene rings is 2. The third-order valence-corrected chi connectivity index (χ3v) is 3.37. The van der Waals surface area contributed by atoms with Crippen molar-refractivity contribution in [3.63, 3.8) is 0 Å². The molecule has 3 rings (SSSR count). The van der Waals surface area contributed by atoms with Gasteiger partial charge in [0, 0.05) is 17.5 Å². The standard InChI is InChI=1S/C13H10O.C5H7NO3/c14-13(11-7-3-1-4-8-11)12-9-5-2-6-10-12;7-4-2-1-3(6-4)5(8)9/h1-10H;3H,1-2H2,(H,6,7)(H,8,9). The van der Waals surface area contributed by atoms with Crippen molar-refractivity contribution in [1.82, 2.24) is 5.32 Å². The van der Waals surface area contributed by atoms with Crippen molar-refractivity contribution in [3.8, 4) is 0 Å². The fourth-order valence-electron chi connectivity index (χ4n) is 2.15. The normalized spacial score (nSPS) is 16.0. The van der Waals surface area contributed by atoms with E-state index in [4.69, 9.17) is 5.11 Å². The van der Waals surface area contributed by atoms with Gasteiger partial charge in [0.15, 0.2) is 5.78 Å². The second-order valence-corrected chi connectivity index (χ2v) is 5.06. The number of hydrogen-bond donors (Lipinski definition) is 2. The Morgan fingerprint density at radius 2 is 1.39 bits per heavy atom. The number of carboxylic acids is 1. The highest BCUT2D eigenvalue weighted by Gasteiger charge is 2.26. The van der Waals surface area contributed by atoms with Gasteiger partial charge in [0.1, 0.15) is 6.04 Å². The van der Waals surface area contributed by atoms with Crippen molar-refractivity contribution in [2.45, 2.75) is 18.9 Å².